The number of nitrogens with zero attached hydrogens (tertiary/aromatic N) is 1. The van der Waals surface area contributed by atoms with Crippen LogP contribution in [-0.4, -0.2) is 0 Å². The Labute approximate surface area is 217 Å². The van der Waals surface area contributed by atoms with Crippen molar-refractivity contribution < 1.29 is 4.42 Å². The fourth-order valence-electron chi connectivity index (χ4n) is 5.55. The maximum atomic E-state index is 6.26. The summed E-state index contributed by atoms with van der Waals surface area (Å²) in [5, 5.41) is 7.46. The fourth-order valence-corrected chi connectivity index (χ4v) is 6.67. The first-order chi connectivity index (χ1) is 18.3. The highest BCUT2D eigenvalue weighted by Crippen LogP contribution is 2.42. The van der Waals surface area contributed by atoms with Gasteiger partial charge in [0.25, 0.3) is 0 Å². The van der Waals surface area contributed by atoms with Crippen LogP contribution in [0.2, 0.25) is 0 Å². The molecule has 0 amide bonds. The van der Waals surface area contributed by atoms with Gasteiger partial charge >= 0.3 is 0 Å². The van der Waals surface area contributed by atoms with Crippen LogP contribution in [0.4, 0.5) is 17.1 Å². The highest BCUT2D eigenvalue weighted by Gasteiger charge is 2.17. The van der Waals surface area contributed by atoms with E-state index < -0.39 is 0 Å². The summed E-state index contributed by atoms with van der Waals surface area (Å²) in [7, 11) is 0. The van der Waals surface area contributed by atoms with Crippen molar-refractivity contribution in [2.45, 2.75) is 0 Å². The monoisotopic (exact) mass is 491 g/mol. The lowest BCUT2D eigenvalue weighted by molar-refractivity contribution is 0.669. The van der Waals surface area contributed by atoms with Gasteiger partial charge in [-0.05, 0) is 65.4 Å². The summed E-state index contributed by atoms with van der Waals surface area (Å²) >= 11 is 1.86. The average molecular weight is 492 g/mol. The topological polar surface area (TPSA) is 16.4 Å². The van der Waals surface area contributed by atoms with E-state index in [4.69, 9.17) is 4.42 Å². The first kappa shape index (κ1) is 20.6. The van der Waals surface area contributed by atoms with Gasteiger partial charge in [0, 0.05) is 54.1 Å². The summed E-state index contributed by atoms with van der Waals surface area (Å²) in [6.45, 7) is 0. The van der Waals surface area contributed by atoms with Crippen LogP contribution in [0.1, 0.15) is 0 Å². The lowest BCUT2D eigenvalue weighted by atomic mass is 10.0. The number of thiophene rings is 1. The van der Waals surface area contributed by atoms with Gasteiger partial charge in [0.05, 0.1) is 0 Å². The minimum Gasteiger partial charge on any atom is -0.456 e. The molecule has 0 radical (unpaired) electrons. The van der Waals surface area contributed by atoms with Crippen LogP contribution >= 0.6 is 11.3 Å². The Kier molecular flexibility index (Phi) is 4.42. The van der Waals surface area contributed by atoms with E-state index in [1.165, 1.54) is 30.9 Å². The van der Waals surface area contributed by atoms with E-state index in [0.717, 1.165) is 39.0 Å². The molecule has 0 aliphatic heterocycles. The summed E-state index contributed by atoms with van der Waals surface area (Å²) < 4.78 is 8.90. The largest absolute Gasteiger partial charge is 0.456 e. The molecule has 0 bridgehead atoms. The number of hydrogen-bond donors (Lipinski definition) is 0. The molecule has 3 heteroatoms. The number of hydrogen-bond acceptors (Lipinski definition) is 3. The highest BCUT2D eigenvalue weighted by molar-refractivity contribution is 7.26. The second-order valence-electron chi connectivity index (χ2n) is 9.39. The van der Waals surface area contributed by atoms with Crippen molar-refractivity contribution >= 4 is 81.3 Å². The maximum absolute atomic E-state index is 6.26. The molecule has 0 saturated carbocycles. The standard InChI is InChI=1S/C34H21NOS/c1-2-8-23(9-3-1)35(25-17-18-27-26-10-4-6-12-30(26)36-31(27)21-25)24-16-14-22-15-19-33-34(29(22)20-24)28-11-5-7-13-32(28)37-33/h1-21H. The van der Waals surface area contributed by atoms with E-state index in [1.807, 2.05) is 23.5 Å². The van der Waals surface area contributed by atoms with Crippen LogP contribution in [0.25, 0.3) is 52.9 Å². The molecule has 2 aromatic heterocycles. The molecule has 0 aliphatic carbocycles. The van der Waals surface area contributed by atoms with Gasteiger partial charge in [0.1, 0.15) is 11.2 Å². The molecular formula is C34H21NOS. The molecule has 0 unspecified atom stereocenters. The molecule has 0 spiro atoms. The van der Waals surface area contributed by atoms with E-state index in [1.54, 1.807) is 0 Å². The van der Waals surface area contributed by atoms with Gasteiger partial charge in [-0.1, -0.05) is 66.7 Å². The molecular weight excluding hydrogens is 470 g/mol. The Hall–Kier alpha value is -4.60. The Morgan fingerprint density at radius 1 is 0.459 bits per heavy atom. The Bertz CT molecular complexity index is 2100. The molecule has 0 atom stereocenters. The van der Waals surface area contributed by atoms with Crippen LogP contribution in [0, 0.1) is 0 Å². The third kappa shape index (κ3) is 3.18. The van der Waals surface area contributed by atoms with Gasteiger partial charge in [-0.3, -0.25) is 0 Å². The minimum absolute atomic E-state index is 0.895. The van der Waals surface area contributed by atoms with E-state index in [9.17, 15) is 0 Å². The maximum Gasteiger partial charge on any atom is 0.137 e. The lowest BCUT2D eigenvalue weighted by Gasteiger charge is -2.26. The van der Waals surface area contributed by atoms with E-state index in [2.05, 4.69) is 120 Å². The van der Waals surface area contributed by atoms with Crippen molar-refractivity contribution in [1.29, 1.82) is 0 Å². The first-order valence-electron chi connectivity index (χ1n) is 12.4. The molecule has 6 aromatic carbocycles. The third-order valence-electron chi connectivity index (χ3n) is 7.24. The quantitative estimate of drug-likeness (QED) is 0.244. The van der Waals surface area contributed by atoms with Crippen LogP contribution in [0.15, 0.2) is 132 Å². The molecule has 2 heterocycles. The van der Waals surface area contributed by atoms with E-state index in [0.29, 0.717) is 0 Å². The third-order valence-corrected chi connectivity index (χ3v) is 8.37. The number of anilines is 3. The predicted octanol–water partition coefficient (Wildman–Crippen LogP) is 10.6. The predicted molar refractivity (Wildman–Crippen MR) is 159 cm³/mol. The van der Waals surface area contributed by atoms with E-state index in [-0.39, 0.29) is 0 Å². The van der Waals surface area contributed by atoms with Crippen LogP contribution < -0.4 is 4.90 Å². The summed E-state index contributed by atoms with van der Waals surface area (Å²) in [5.74, 6) is 0. The zero-order valence-corrected chi connectivity index (χ0v) is 20.7. The lowest BCUT2D eigenvalue weighted by Crippen LogP contribution is -2.09. The molecule has 0 fully saturated rings. The van der Waals surface area contributed by atoms with Gasteiger partial charge in [-0.2, -0.15) is 0 Å². The molecule has 0 saturated heterocycles. The van der Waals surface area contributed by atoms with Crippen molar-refractivity contribution in [1.82, 2.24) is 0 Å². The second kappa shape index (κ2) is 7.95. The Morgan fingerprint density at radius 2 is 1.16 bits per heavy atom. The zero-order valence-electron chi connectivity index (χ0n) is 19.9. The van der Waals surface area contributed by atoms with Crippen molar-refractivity contribution in [3.63, 3.8) is 0 Å². The number of rotatable bonds is 3. The smallest absolute Gasteiger partial charge is 0.137 e. The molecule has 0 aliphatic rings. The van der Waals surface area contributed by atoms with Crippen LogP contribution in [-0.2, 0) is 0 Å². The molecule has 174 valence electrons. The van der Waals surface area contributed by atoms with Gasteiger partial charge in [-0.25, -0.2) is 0 Å². The molecule has 8 aromatic rings. The summed E-state index contributed by atoms with van der Waals surface area (Å²) in [6.07, 6.45) is 0. The number of furan rings is 1. The highest BCUT2D eigenvalue weighted by atomic mass is 32.1. The van der Waals surface area contributed by atoms with E-state index >= 15 is 0 Å². The minimum atomic E-state index is 0.895. The number of benzene rings is 6. The number of para-hydroxylation sites is 2. The van der Waals surface area contributed by atoms with Crippen LogP contribution in [0.3, 0.4) is 0 Å². The van der Waals surface area contributed by atoms with Crippen molar-refractivity contribution in [3.8, 4) is 0 Å². The second-order valence-corrected chi connectivity index (χ2v) is 10.5. The average Bonchev–Trinajstić information content (AvgIpc) is 3.52. The fraction of sp³-hybridized carbons (Fsp3) is 0. The van der Waals surface area contributed by atoms with Gasteiger partial charge in [0.2, 0.25) is 0 Å². The summed E-state index contributed by atoms with van der Waals surface area (Å²) in [4.78, 5) is 2.32. The molecule has 8 rings (SSSR count). The van der Waals surface area contributed by atoms with Crippen LogP contribution in [0.5, 0.6) is 0 Å². The first-order valence-corrected chi connectivity index (χ1v) is 13.3. The van der Waals surface area contributed by atoms with Gasteiger partial charge < -0.3 is 9.32 Å². The number of fused-ring (bicyclic) bond motifs is 8. The van der Waals surface area contributed by atoms with Crippen molar-refractivity contribution in [2.75, 3.05) is 4.90 Å². The van der Waals surface area contributed by atoms with Gasteiger partial charge in [-0.15, -0.1) is 11.3 Å². The molecule has 37 heavy (non-hydrogen) atoms. The SMILES string of the molecule is c1ccc(N(c2ccc3c(c2)oc2ccccc23)c2ccc3ccc4sc5ccccc5c4c3c2)cc1. The van der Waals surface area contributed by atoms with Crippen molar-refractivity contribution in [3.05, 3.63) is 127 Å². The van der Waals surface area contributed by atoms with Crippen molar-refractivity contribution in [2.24, 2.45) is 0 Å². The summed E-state index contributed by atoms with van der Waals surface area (Å²) in [6, 6.07) is 45.3. The molecule has 0 N–H and O–H groups in total. The summed E-state index contributed by atoms with van der Waals surface area (Å²) in [5.41, 5.74) is 5.11. The van der Waals surface area contributed by atoms with Gasteiger partial charge in [0.15, 0.2) is 0 Å². The normalized spacial score (nSPS) is 11.8. The Balaban J connectivity index is 1.39. The Morgan fingerprint density at radius 3 is 2.08 bits per heavy atom. The zero-order chi connectivity index (χ0) is 24.3. The molecule has 2 nitrogen and oxygen atoms in total.